The number of benzene rings is 2. The quantitative estimate of drug-likeness (QED) is 0.379. The van der Waals surface area contributed by atoms with Crippen molar-refractivity contribution in [1.82, 2.24) is 14.9 Å². The zero-order valence-electron chi connectivity index (χ0n) is 17.5. The molecule has 0 saturated carbocycles. The number of carbonyl (C=O) groups excluding carboxylic acids is 1. The Hall–Kier alpha value is -2.06. The first-order valence-electron chi connectivity index (χ1n) is 9.60. The van der Waals surface area contributed by atoms with Crippen LogP contribution in [0.2, 0.25) is 0 Å². The van der Waals surface area contributed by atoms with E-state index in [1.54, 1.807) is 22.7 Å². The smallest absolute Gasteiger partial charge is 0.260 e. The van der Waals surface area contributed by atoms with Crippen LogP contribution in [-0.2, 0) is 0 Å². The van der Waals surface area contributed by atoms with E-state index >= 15 is 0 Å². The maximum atomic E-state index is 13.5. The Morgan fingerprint density at radius 2 is 1.87 bits per heavy atom. The number of hydrogen-bond donors (Lipinski definition) is 0. The second-order valence-electron chi connectivity index (χ2n) is 7.57. The highest BCUT2D eigenvalue weighted by atomic mass is 35.5. The van der Waals surface area contributed by atoms with Gasteiger partial charge in [-0.05, 0) is 76.3 Å². The molecule has 4 rings (SSSR count). The lowest BCUT2D eigenvalue weighted by molar-refractivity contribution is 0.0986. The van der Waals surface area contributed by atoms with Crippen molar-refractivity contribution in [3.8, 4) is 0 Å². The van der Waals surface area contributed by atoms with Crippen molar-refractivity contribution in [3.05, 3.63) is 52.5 Å². The maximum Gasteiger partial charge on any atom is 0.260 e. The van der Waals surface area contributed by atoms with Crippen LogP contribution in [0, 0.1) is 13.8 Å². The second kappa shape index (κ2) is 9.39. The van der Waals surface area contributed by atoms with E-state index in [1.807, 2.05) is 42.7 Å². The van der Waals surface area contributed by atoms with Crippen LogP contribution in [0.5, 0.6) is 0 Å². The summed E-state index contributed by atoms with van der Waals surface area (Å²) in [5.41, 5.74) is 6.77. The Balaban J connectivity index is 0.00000256. The summed E-state index contributed by atoms with van der Waals surface area (Å²) >= 11 is 3.15. The molecule has 0 saturated heterocycles. The summed E-state index contributed by atoms with van der Waals surface area (Å²) in [6.45, 7) is 5.74. The lowest BCUT2D eigenvalue weighted by Crippen LogP contribution is -2.33. The summed E-state index contributed by atoms with van der Waals surface area (Å²) in [5.74, 6) is -0.00696. The number of aryl methyl sites for hydroxylation is 2. The number of aromatic nitrogens is 2. The van der Waals surface area contributed by atoms with Gasteiger partial charge in [0.15, 0.2) is 5.13 Å². The first kappa shape index (κ1) is 22.6. The molecule has 2 aromatic heterocycles. The van der Waals surface area contributed by atoms with Crippen molar-refractivity contribution in [2.24, 2.45) is 0 Å². The summed E-state index contributed by atoms with van der Waals surface area (Å²) in [7, 11) is 4.10. The third-order valence-corrected chi connectivity index (χ3v) is 6.87. The SMILES string of the molecule is Cc1cc(C)c2sc(N(CCCN(C)C)C(=O)c3ccc4ncsc4c3)nc2c1.Cl. The molecule has 0 bridgehead atoms. The molecule has 0 atom stereocenters. The zero-order valence-corrected chi connectivity index (χ0v) is 20.0. The molecular weight excluding hydrogens is 436 g/mol. The fraction of sp³-hybridized carbons (Fsp3) is 0.318. The van der Waals surface area contributed by atoms with Gasteiger partial charge >= 0.3 is 0 Å². The van der Waals surface area contributed by atoms with E-state index in [0.29, 0.717) is 12.1 Å². The van der Waals surface area contributed by atoms with Crippen molar-refractivity contribution in [2.75, 3.05) is 32.1 Å². The molecule has 2 heterocycles. The standard InChI is InChI=1S/C22H24N4OS2.ClH/c1-14-10-15(2)20-18(11-14)24-22(29-20)26(9-5-8-25(3)4)21(27)16-6-7-17-19(12-16)28-13-23-17;/h6-7,10-13H,5,8-9H2,1-4H3;1H. The molecule has 30 heavy (non-hydrogen) atoms. The molecule has 0 aliphatic heterocycles. The van der Waals surface area contributed by atoms with E-state index in [1.165, 1.54) is 11.1 Å². The van der Waals surface area contributed by atoms with Gasteiger partial charge in [-0.3, -0.25) is 9.69 Å². The molecule has 0 aliphatic rings. The van der Waals surface area contributed by atoms with Crippen LogP contribution >= 0.6 is 35.1 Å². The molecule has 158 valence electrons. The van der Waals surface area contributed by atoms with Gasteiger partial charge in [0.1, 0.15) is 0 Å². The Labute approximate surface area is 190 Å². The van der Waals surface area contributed by atoms with Gasteiger partial charge in [-0.1, -0.05) is 17.4 Å². The first-order valence-corrected chi connectivity index (χ1v) is 11.3. The monoisotopic (exact) mass is 460 g/mol. The molecule has 4 aromatic rings. The number of carbonyl (C=O) groups is 1. The van der Waals surface area contributed by atoms with Gasteiger partial charge in [0.2, 0.25) is 0 Å². The Morgan fingerprint density at radius 3 is 2.63 bits per heavy atom. The average molecular weight is 461 g/mol. The molecular formula is C22H25ClN4OS2. The summed E-state index contributed by atoms with van der Waals surface area (Å²) in [6, 6.07) is 9.99. The van der Waals surface area contributed by atoms with Gasteiger partial charge in [0, 0.05) is 12.1 Å². The molecule has 8 heteroatoms. The lowest BCUT2D eigenvalue weighted by atomic mass is 10.1. The number of halogens is 1. The van der Waals surface area contributed by atoms with E-state index in [4.69, 9.17) is 4.98 Å². The fourth-order valence-corrected chi connectivity index (χ4v) is 5.21. The molecule has 0 radical (unpaired) electrons. The minimum Gasteiger partial charge on any atom is -0.309 e. The number of anilines is 1. The van der Waals surface area contributed by atoms with E-state index in [0.717, 1.165) is 38.5 Å². The van der Waals surface area contributed by atoms with Crippen molar-refractivity contribution in [1.29, 1.82) is 0 Å². The predicted octanol–water partition coefficient (Wildman–Crippen LogP) is 5.54. The molecule has 0 N–H and O–H groups in total. The zero-order chi connectivity index (χ0) is 20.5. The summed E-state index contributed by atoms with van der Waals surface area (Å²) in [6.07, 6.45) is 0.884. The largest absolute Gasteiger partial charge is 0.309 e. The second-order valence-corrected chi connectivity index (χ2v) is 9.44. The van der Waals surface area contributed by atoms with E-state index in [9.17, 15) is 4.79 Å². The lowest BCUT2D eigenvalue weighted by Gasteiger charge is -2.21. The molecule has 2 aromatic carbocycles. The number of thiazole rings is 2. The molecule has 5 nitrogen and oxygen atoms in total. The van der Waals surface area contributed by atoms with Gasteiger partial charge < -0.3 is 4.90 Å². The highest BCUT2D eigenvalue weighted by Crippen LogP contribution is 2.33. The van der Waals surface area contributed by atoms with Gasteiger partial charge in [-0.15, -0.1) is 23.7 Å². The van der Waals surface area contributed by atoms with Crippen molar-refractivity contribution < 1.29 is 4.79 Å². The topological polar surface area (TPSA) is 49.3 Å². The van der Waals surface area contributed by atoms with Crippen LogP contribution in [0.4, 0.5) is 5.13 Å². The Morgan fingerprint density at radius 1 is 1.07 bits per heavy atom. The summed E-state index contributed by atoms with van der Waals surface area (Å²) in [4.78, 5) is 26.6. The highest BCUT2D eigenvalue weighted by molar-refractivity contribution is 7.22. The van der Waals surface area contributed by atoms with Crippen LogP contribution in [-0.4, -0.2) is 48.0 Å². The van der Waals surface area contributed by atoms with Crippen LogP contribution in [0.25, 0.3) is 20.4 Å². The van der Waals surface area contributed by atoms with Crippen LogP contribution in [0.1, 0.15) is 27.9 Å². The molecule has 0 spiro atoms. The summed E-state index contributed by atoms with van der Waals surface area (Å²) in [5, 5.41) is 0.766. The number of nitrogens with zero attached hydrogens (tertiary/aromatic N) is 4. The van der Waals surface area contributed by atoms with Crippen molar-refractivity contribution in [3.63, 3.8) is 0 Å². The first-order chi connectivity index (χ1) is 13.9. The number of amides is 1. The number of fused-ring (bicyclic) bond motifs is 2. The third-order valence-electron chi connectivity index (χ3n) is 4.85. The normalized spacial score (nSPS) is 11.2. The molecule has 0 aliphatic carbocycles. The van der Waals surface area contributed by atoms with Crippen LogP contribution in [0.15, 0.2) is 35.8 Å². The Bertz CT molecular complexity index is 1180. The third kappa shape index (κ3) is 4.64. The number of hydrogen-bond acceptors (Lipinski definition) is 6. The van der Waals surface area contributed by atoms with E-state index < -0.39 is 0 Å². The van der Waals surface area contributed by atoms with Gasteiger partial charge in [0.25, 0.3) is 5.91 Å². The van der Waals surface area contributed by atoms with E-state index in [2.05, 4.69) is 35.9 Å². The average Bonchev–Trinajstić information content (AvgIpc) is 3.30. The highest BCUT2D eigenvalue weighted by Gasteiger charge is 2.22. The minimum absolute atomic E-state index is 0. The molecule has 1 amide bonds. The fourth-order valence-electron chi connectivity index (χ4n) is 3.45. The Kier molecular flexibility index (Phi) is 7.08. The van der Waals surface area contributed by atoms with Crippen LogP contribution in [0.3, 0.4) is 0 Å². The van der Waals surface area contributed by atoms with Gasteiger partial charge in [0.05, 0.1) is 25.9 Å². The van der Waals surface area contributed by atoms with Gasteiger partial charge in [-0.25, -0.2) is 9.97 Å². The predicted molar refractivity (Wildman–Crippen MR) is 131 cm³/mol. The maximum absolute atomic E-state index is 13.5. The van der Waals surface area contributed by atoms with Crippen LogP contribution < -0.4 is 4.90 Å². The molecule has 0 fully saturated rings. The minimum atomic E-state index is -0.00696. The number of rotatable bonds is 6. The van der Waals surface area contributed by atoms with Crippen molar-refractivity contribution >= 4 is 66.6 Å². The summed E-state index contributed by atoms with van der Waals surface area (Å²) < 4.78 is 2.17. The molecule has 0 unspecified atom stereocenters. The van der Waals surface area contributed by atoms with E-state index in [-0.39, 0.29) is 18.3 Å². The van der Waals surface area contributed by atoms with Gasteiger partial charge in [-0.2, -0.15) is 0 Å². The van der Waals surface area contributed by atoms with Crippen molar-refractivity contribution in [2.45, 2.75) is 20.3 Å².